The van der Waals surface area contributed by atoms with Gasteiger partial charge in [-0.1, -0.05) is 17.7 Å². The standard InChI is InChI=1S/C21H20ClN5O2/c22-16-4-5-17-14(9-16)10-21(28-7-8-29-21)11-19-24-25-20(27(17)19)15-12-26(13-15)18-3-1-2-6-23-18/h1-6,9,15H,7-8,10-13H2. The minimum Gasteiger partial charge on any atom is -0.355 e. The first-order valence-electron chi connectivity index (χ1n) is 9.88. The third-order valence-electron chi connectivity index (χ3n) is 5.96. The quantitative estimate of drug-likeness (QED) is 0.648. The van der Waals surface area contributed by atoms with E-state index in [4.69, 9.17) is 21.1 Å². The Morgan fingerprint density at radius 1 is 1.03 bits per heavy atom. The van der Waals surface area contributed by atoms with Crippen LogP contribution in [0.4, 0.5) is 5.82 Å². The van der Waals surface area contributed by atoms with E-state index in [1.807, 2.05) is 36.5 Å². The molecule has 1 spiro atoms. The first kappa shape index (κ1) is 17.4. The summed E-state index contributed by atoms with van der Waals surface area (Å²) >= 11 is 6.32. The van der Waals surface area contributed by atoms with E-state index in [9.17, 15) is 0 Å². The summed E-state index contributed by atoms with van der Waals surface area (Å²) in [6.07, 6.45) is 3.05. The van der Waals surface area contributed by atoms with E-state index >= 15 is 0 Å². The summed E-state index contributed by atoms with van der Waals surface area (Å²) in [7, 11) is 0. The number of hydrogen-bond donors (Lipinski definition) is 0. The Hall–Kier alpha value is -2.48. The van der Waals surface area contributed by atoms with Crippen molar-refractivity contribution in [3.05, 3.63) is 64.8 Å². The predicted octanol–water partition coefficient (Wildman–Crippen LogP) is 2.76. The van der Waals surface area contributed by atoms with Gasteiger partial charge in [-0.05, 0) is 35.9 Å². The zero-order chi connectivity index (χ0) is 19.4. The number of nitrogens with zero attached hydrogens (tertiary/aromatic N) is 5. The van der Waals surface area contributed by atoms with Crippen LogP contribution in [-0.2, 0) is 22.3 Å². The molecule has 2 saturated heterocycles. The van der Waals surface area contributed by atoms with Gasteiger partial charge in [0.2, 0.25) is 0 Å². The normalized spacial score (nSPS) is 20.2. The molecule has 3 aromatic rings. The van der Waals surface area contributed by atoms with Gasteiger partial charge in [0.25, 0.3) is 0 Å². The number of hydrogen-bond acceptors (Lipinski definition) is 6. The van der Waals surface area contributed by atoms with Crippen molar-refractivity contribution in [3.8, 4) is 5.69 Å². The van der Waals surface area contributed by atoms with Gasteiger partial charge in [-0.3, -0.25) is 4.57 Å². The number of benzene rings is 1. The van der Waals surface area contributed by atoms with Crippen LogP contribution in [0.25, 0.3) is 5.69 Å². The largest absolute Gasteiger partial charge is 0.355 e. The summed E-state index contributed by atoms with van der Waals surface area (Å²) in [5.41, 5.74) is 2.16. The Bertz CT molecular complexity index is 1060. The molecule has 0 N–H and O–H groups in total. The Balaban J connectivity index is 1.38. The van der Waals surface area contributed by atoms with Crippen LogP contribution >= 0.6 is 11.6 Å². The van der Waals surface area contributed by atoms with E-state index in [-0.39, 0.29) is 0 Å². The monoisotopic (exact) mass is 409 g/mol. The third-order valence-corrected chi connectivity index (χ3v) is 6.19. The number of fused-ring (bicyclic) bond motifs is 3. The molecule has 0 bridgehead atoms. The van der Waals surface area contributed by atoms with Gasteiger partial charge in [0.1, 0.15) is 17.5 Å². The molecule has 0 atom stereocenters. The van der Waals surface area contributed by atoms with E-state index in [0.29, 0.717) is 37.0 Å². The number of halogens is 1. The number of ether oxygens (including phenoxy) is 2. The van der Waals surface area contributed by atoms with Gasteiger partial charge in [0, 0.05) is 30.7 Å². The zero-order valence-corrected chi connectivity index (χ0v) is 16.5. The number of aromatic nitrogens is 4. The second-order valence-corrected chi connectivity index (χ2v) is 8.27. The molecule has 0 aliphatic carbocycles. The lowest BCUT2D eigenvalue weighted by atomic mass is 9.98. The third kappa shape index (κ3) is 2.84. The van der Waals surface area contributed by atoms with Crippen LogP contribution in [0, 0.1) is 0 Å². The summed E-state index contributed by atoms with van der Waals surface area (Å²) in [6.45, 7) is 2.93. The summed E-state index contributed by atoms with van der Waals surface area (Å²) in [5.74, 6) is 2.46. The van der Waals surface area contributed by atoms with Crippen LogP contribution in [0.1, 0.15) is 23.1 Å². The second-order valence-electron chi connectivity index (χ2n) is 7.83. The first-order valence-corrected chi connectivity index (χ1v) is 10.3. The maximum absolute atomic E-state index is 6.32. The van der Waals surface area contributed by atoms with Gasteiger partial charge in [0.05, 0.1) is 31.2 Å². The van der Waals surface area contributed by atoms with Gasteiger partial charge in [-0.15, -0.1) is 10.2 Å². The van der Waals surface area contributed by atoms with Crippen molar-refractivity contribution >= 4 is 17.4 Å². The van der Waals surface area contributed by atoms with Crippen molar-refractivity contribution in [2.45, 2.75) is 24.5 Å². The van der Waals surface area contributed by atoms with E-state index in [1.165, 1.54) is 0 Å². The molecular weight excluding hydrogens is 390 g/mol. The topological polar surface area (TPSA) is 65.3 Å². The Kier molecular flexibility index (Phi) is 3.91. The molecule has 5 heterocycles. The minimum absolute atomic E-state index is 0.293. The molecule has 1 aromatic carbocycles. The number of pyridine rings is 1. The number of rotatable bonds is 2. The molecule has 0 unspecified atom stereocenters. The Labute approximate surface area is 173 Å². The minimum atomic E-state index is -0.683. The van der Waals surface area contributed by atoms with Crippen LogP contribution in [0.15, 0.2) is 42.6 Å². The highest BCUT2D eigenvalue weighted by atomic mass is 35.5. The van der Waals surface area contributed by atoms with Gasteiger partial charge < -0.3 is 14.4 Å². The Morgan fingerprint density at radius 2 is 1.90 bits per heavy atom. The predicted molar refractivity (Wildman–Crippen MR) is 108 cm³/mol. The zero-order valence-electron chi connectivity index (χ0n) is 15.8. The van der Waals surface area contributed by atoms with Crippen LogP contribution < -0.4 is 4.90 Å². The van der Waals surface area contributed by atoms with Crippen LogP contribution in [-0.4, -0.2) is 51.8 Å². The highest BCUT2D eigenvalue weighted by Crippen LogP contribution is 2.38. The van der Waals surface area contributed by atoms with Crippen molar-refractivity contribution in [2.75, 3.05) is 31.2 Å². The van der Waals surface area contributed by atoms with Crippen molar-refractivity contribution in [3.63, 3.8) is 0 Å². The Morgan fingerprint density at radius 3 is 2.69 bits per heavy atom. The smallest absolute Gasteiger partial charge is 0.179 e. The molecule has 0 amide bonds. The molecule has 29 heavy (non-hydrogen) atoms. The highest BCUT2D eigenvalue weighted by molar-refractivity contribution is 6.30. The molecule has 7 nitrogen and oxygen atoms in total. The molecule has 148 valence electrons. The van der Waals surface area contributed by atoms with Crippen molar-refractivity contribution in [1.29, 1.82) is 0 Å². The van der Waals surface area contributed by atoms with Crippen molar-refractivity contribution in [2.24, 2.45) is 0 Å². The molecule has 0 saturated carbocycles. The molecule has 8 heteroatoms. The highest BCUT2D eigenvalue weighted by Gasteiger charge is 2.43. The van der Waals surface area contributed by atoms with E-state index in [2.05, 4.69) is 30.7 Å². The summed E-state index contributed by atoms with van der Waals surface area (Å²) in [5, 5.41) is 9.84. The van der Waals surface area contributed by atoms with Gasteiger partial charge >= 0.3 is 0 Å². The van der Waals surface area contributed by atoms with E-state index < -0.39 is 5.79 Å². The lowest BCUT2D eigenvalue weighted by Crippen LogP contribution is -2.46. The first-order chi connectivity index (χ1) is 14.2. The summed E-state index contributed by atoms with van der Waals surface area (Å²) in [6, 6.07) is 12.0. The van der Waals surface area contributed by atoms with E-state index in [1.54, 1.807) is 0 Å². The van der Waals surface area contributed by atoms with Crippen LogP contribution in [0.2, 0.25) is 5.02 Å². The SMILES string of the molecule is Clc1ccc2c(c1)CC1(Cc3nnc(C4CN(c5ccccn5)C4)n3-2)OCCO1. The lowest BCUT2D eigenvalue weighted by molar-refractivity contribution is -0.155. The fourth-order valence-corrected chi connectivity index (χ4v) is 4.74. The van der Waals surface area contributed by atoms with Gasteiger partial charge in [-0.25, -0.2) is 4.98 Å². The molecule has 6 rings (SSSR count). The van der Waals surface area contributed by atoms with Crippen LogP contribution in [0.5, 0.6) is 0 Å². The lowest BCUT2D eigenvalue weighted by Gasteiger charge is -2.39. The maximum atomic E-state index is 6.32. The van der Waals surface area contributed by atoms with Crippen molar-refractivity contribution < 1.29 is 9.47 Å². The van der Waals surface area contributed by atoms with Gasteiger partial charge in [-0.2, -0.15) is 0 Å². The van der Waals surface area contributed by atoms with Crippen molar-refractivity contribution in [1.82, 2.24) is 19.7 Å². The summed E-state index contributed by atoms with van der Waals surface area (Å²) in [4.78, 5) is 6.71. The second kappa shape index (κ2) is 6.52. The summed E-state index contributed by atoms with van der Waals surface area (Å²) < 4.78 is 14.3. The van der Waals surface area contributed by atoms with Crippen LogP contribution in [0.3, 0.4) is 0 Å². The average molecular weight is 410 g/mol. The fourth-order valence-electron chi connectivity index (χ4n) is 4.55. The molecule has 2 fully saturated rings. The maximum Gasteiger partial charge on any atom is 0.179 e. The average Bonchev–Trinajstić information content (AvgIpc) is 3.27. The molecule has 2 aromatic heterocycles. The molecule has 3 aliphatic heterocycles. The fraction of sp³-hybridized carbons (Fsp3) is 0.381. The molecule has 3 aliphatic rings. The van der Waals surface area contributed by atoms with Gasteiger partial charge in [0.15, 0.2) is 5.79 Å². The molecular formula is C21H20ClN5O2. The molecule has 0 radical (unpaired) electrons. The number of anilines is 1. The van der Waals surface area contributed by atoms with E-state index in [0.717, 1.165) is 41.8 Å².